The molecule has 0 spiro atoms. The minimum absolute atomic E-state index is 0.107. The fourth-order valence-electron chi connectivity index (χ4n) is 3.16. The second-order valence-electron chi connectivity index (χ2n) is 6.39. The molecule has 2 aromatic rings. The van der Waals surface area contributed by atoms with Crippen molar-refractivity contribution >= 4 is 5.91 Å². The zero-order valence-electron chi connectivity index (χ0n) is 14.5. The lowest BCUT2D eigenvalue weighted by atomic mass is 10.00. The van der Waals surface area contributed by atoms with Gasteiger partial charge in [0, 0.05) is 31.5 Å². The number of nitrogens with one attached hydrogen (secondary N) is 1. The van der Waals surface area contributed by atoms with Crippen molar-refractivity contribution in [1.29, 1.82) is 0 Å². The molecule has 0 aliphatic carbocycles. The van der Waals surface area contributed by atoms with Crippen LogP contribution in [0.5, 0.6) is 0 Å². The summed E-state index contributed by atoms with van der Waals surface area (Å²) in [6.45, 7) is 6.52. The van der Waals surface area contributed by atoms with E-state index in [1.165, 1.54) is 11.1 Å². The average molecular weight is 323 g/mol. The van der Waals surface area contributed by atoms with Crippen LogP contribution in [0.3, 0.4) is 0 Å². The Morgan fingerprint density at radius 2 is 1.96 bits per heavy atom. The molecule has 1 unspecified atom stereocenters. The van der Waals surface area contributed by atoms with E-state index < -0.39 is 0 Å². The van der Waals surface area contributed by atoms with Gasteiger partial charge in [-0.1, -0.05) is 37.3 Å². The first kappa shape index (κ1) is 16.7. The van der Waals surface area contributed by atoms with E-state index in [0.29, 0.717) is 6.42 Å². The van der Waals surface area contributed by atoms with Crippen LogP contribution in [0.25, 0.3) is 0 Å². The van der Waals surface area contributed by atoms with Crippen LogP contribution in [0.2, 0.25) is 0 Å². The number of amides is 1. The first-order chi connectivity index (χ1) is 11.7. The van der Waals surface area contributed by atoms with E-state index in [1.807, 2.05) is 24.0 Å². The molecular formula is C20H25N3O. The van der Waals surface area contributed by atoms with Gasteiger partial charge in [-0.2, -0.15) is 0 Å². The fourth-order valence-corrected chi connectivity index (χ4v) is 3.16. The second kappa shape index (κ2) is 7.58. The summed E-state index contributed by atoms with van der Waals surface area (Å²) in [7, 11) is 0. The van der Waals surface area contributed by atoms with Gasteiger partial charge in [0.15, 0.2) is 0 Å². The maximum atomic E-state index is 12.8. The summed E-state index contributed by atoms with van der Waals surface area (Å²) in [5.74, 6) is 0.173. The summed E-state index contributed by atoms with van der Waals surface area (Å²) in [5, 5.41) is 3.41. The molecular weight excluding hydrogens is 298 g/mol. The number of benzene rings is 1. The van der Waals surface area contributed by atoms with Crippen molar-refractivity contribution in [3.05, 3.63) is 65.0 Å². The fraction of sp³-hybridized carbons (Fsp3) is 0.400. The Bertz CT molecular complexity index is 679. The van der Waals surface area contributed by atoms with Crippen molar-refractivity contribution in [3.8, 4) is 0 Å². The predicted molar refractivity (Wildman–Crippen MR) is 95.8 cm³/mol. The number of rotatable bonds is 4. The van der Waals surface area contributed by atoms with E-state index in [4.69, 9.17) is 0 Å². The Balaban J connectivity index is 1.75. The van der Waals surface area contributed by atoms with Crippen LogP contribution >= 0.6 is 0 Å². The van der Waals surface area contributed by atoms with Crippen LogP contribution in [0, 0.1) is 6.92 Å². The number of aromatic nitrogens is 1. The third kappa shape index (κ3) is 3.82. The summed E-state index contributed by atoms with van der Waals surface area (Å²) in [5.41, 5.74) is 4.48. The molecule has 1 aromatic heterocycles. The van der Waals surface area contributed by atoms with Gasteiger partial charge < -0.3 is 10.2 Å². The van der Waals surface area contributed by atoms with Crippen LogP contribution in [0.4, 0.5) is 0 Å². The first-order valence-electron chi connectivity index (χ1n) is 8.68. The SMILES string of the molecule is CCc1ccc(C2CNCCN2C(=O)Cc2ccc(C)nc2)cc1. The number of piperazine rings is 1. The van der Waals surface area contributed by atoms with Gasteiger partial charge in [0.2, 0.25) is 5.91 Å². The van der Waals surface area contributed by atoms with Gasteiger partial charge in [-0.05, 0) is 36.1 Å². The number of hydrogen-bond acceptors (Lipinski definition) is 3. The van der Waals surface area contributed by atoms with E-state index in [0.717, 1.165) is 37.3 Å². The second-order valence-corrected chi connectivity index (χ2v) is 6.39. The number of carbonyl (C=O) groups excluding carboxylic acids is 1. The van der Waals surface area contributed by atoms with E-state index in [-0.39, 0.29) is 11.9 Å². The van der Waals surface area contributed by atoms with Crippen LogP contribution in [-0.4, -0.2) is 35.4 Å². The highest BCUT2D eigenvalue weighted by Gasteiger charge is 2.27. The Hall–Kier alpha value is -2.20. The van der Waals surface area contributed by atoms with Crippen molar-refractivity contribution in [2.75, 3.05) is 19.6 Å². The van der Waals surface area contributed by atoms with Crippen LogP contribution in [0.1, 0.15) is 35.3 Å². The summed E-state index contributed by atoms with van der Waals surface area (Å²) in [6.07, 6.45) is 3.25. The molecule has 1 amide bonds. The number of pyridine rings is 1. The number of aryl methyl sites for hydroxylation is 2. The molecule has 1 aromatic carbocycles. The highest BCUT2D eigenvalue weighted by Crippen LogP contribution is 2.23. The third-order valence-corrected chi connectivity index (χ3v) is 4.66. The summed E-state index contributed by atoms with van der Waals surface area (Å²) in [6, 6.07) is 12.7. The van der Waals surface area contributed by atoms with Gasteiger partial charge in [-0.15, -0.1) is 0 Å². The van der Waals surface area contributed by atoms with Gasteiger partial charge in [-0.3, -0.25) is 9.78 Å². The van der Waals surface area contributed by atoms with Crippen LogP contribution in [-0.2, 0) is 17.6 Å². The van der Waals surface area contributed by atoms with Gasteiger partial charge in [0.25, 0.3) is 0 Å². The predicted octanol–water partition coefficient (Wildman–Crippen LogP) is 2.67. The zero-order chi connectivity index (χ0) is 16.9. The molecule has 0 radical (unpaired) electrons. The highest BCUT2D eigenvalue weighted by atomic mass is 16.2. The number of carbonyl (C=O) groups is 1. The van der Waals surface area contributed by atoms with Gasteiger partial charge in [0.05, 0.1) is 12.5 Å². The van der Waals surface area contributed by atoms with Crippen molar-refractivity contribution in [2.45, 2.75) is 32.7 Å². The molecule has 1 aliphatic heterocycles. The van der Waals surface area contributed by atoms with Crippen molar-refractivity contribution in [1.82, 2.24) is 15.2 Å². The molecule has 24 heavy (non-hydrogen) atoms. The topological polar surface area (TPSA) is 45.2 Å². The van der Waals surface area contributed by atoms with Crippen molar-refractivity contribution in [2.24, 2.45) is 0 Å². The summed E-state index contributed by atoms with van der Waals surface area (Å²) in [4.78, 5) is 19.1. The Kier molecular flexibility index (Phi) is 5.26. The molecule has 1 saturated heterocycles. The largest absolute Gasteiger partial charge is 0.333 e. The van der Waals surface area contributed by atoms with Crippen LogP contribution in [0.15, 0.2) is 42.6 Å². The number of nitrogens with zero attached hydrogens (tertiary/aromatic N) is 2. The monoisotopic (exact) mass is 323 g/mol. The third-order valence-electron chi connectivity index (χ3n) is 4.66. The van der Waals surface area contributed by atoms with E-state index in [2.05, 4.69) is 41.5 Å². The molecule has 0 saturated carbocycles. The van der Waals surface area contributed by atoms with Gasteiger partial charge in [-0.25, -0.2) is 0 Å². The van der Waals surface area contributed by atoms with Crippen molar-refractivity contribution < 1.29 is 4.79 Å². The Labute approximate surface area is 143 Å². The Morgan fingerprint density at radius 3 is 2.62 bits per heavy atom. The molecule has 1 N–H and O–H groups in total. The van der Waals surface area contributed by atoms with Crippen molar-refractivity contribution in [3.63, 3.8) is 0 Å². The lowest BCUT2D eigenvalue weighted by Crippen LogP contribution is -2.49. The quantitative estimate of drug-likeness (QED) is 0.941. The van der Waals surface area contributed by atoms with Gasteiger partial charge in [0.1, 0.15) is 0 Å². The molecule has 1 fully saturated rings. The Morgan fingerprint density at radius 1 is 1.21 bits per heavy atom. The molecule has 4 nitrogen and oxygen atoms in total. The molecule has 3 rings (SSSR count). The molecule has 2 heterocycles. The molecule has 0 bridgehead atoms. The maximum Gasteiger partial charge on any atom is 0.227 e. The lowest BCUT2D eigenvalue weighted by molar-refractivity contribution is -0.133. The highest BCUT2D eigenvalue weighted by molar-refractivity contribution is 5.79. The molecule has 1 atom stereocenters. The van der Waals surface area contributed by atoms with Crippen LogP contribution < -0.4 is 5.32 Å². The minimum Gasteiger partial charge on any atom is -0.333 e. The minimum atomic E-state index is 0.107. The van der Waals surface area contributed by atoms with Gasteiger partial charge >= 0.3 is 0 Å². The normalized spacial score (nSPS) is 17.8. The van der Waals surface area contributed by atoms with E-state index in [9.17, 15) is 4.79 Å². The first-order valence-corrected chi connectivity index (χ1v) is 8.68. The molecule has 126 valence electrons. The number of hydrogen-bond donors (Lipinski definition) is 1. The molecule has 1 aliphatic rings. The summed E-state index contributed by atoms with van der Waals surface area (Å²) >= 11 is 0. The summed E-state index contributed by atoms with van der Waals surface area (Å²) < 4.78 is 0. The smallest absolute Gasteiger partial charge is 0.227 e. The van der Waals surface area contributed by atoms with E-state index in [1.54, 1.807) is 6.20 Å². The standard InChI is InChI=1S/C20H25N3O/c1-3-16-6-8-18(9-7-16)19-14-21-10-11-23(19)20(24)12-17-5-4-15(2)22-13-17/h4-9,13,19,21H,3,10-12,14H2,1-2H3. The maximum absolute atomic E-state index is 12.8. The molecule has 4 heteroatoms. The zero-order valence-corrected chi connectivity index (χ0v) is 14.5. The van der Waals surface area contributed by atoms with E-state index >= 15 is 0 Å². The lowest BCUT2D eigenvalue weighted by Gasteiger charge is -2.36. The average Bonchev–Trinajstić information content (AvgIpc) is 2.63.